The first-order chi connectivity index (χ1) is 23.6. The number of terminal acetylenes is 1. The molecular weight excluding hydrogens is 647 g/mol. The molecule has 9 rings (SSSR count). The van der Waals surface area contributed by atoms with Gasteiger partial charge < -0.3 is 24.8 Å². The van der Waals surface area contributed by atoms with E-state index < -0.39 is 47.6 Å². The minimum Gasteiger partial charge on any atom is -0.508 e. The summed E-state index contributed by atoms with van der Waals surface area (Å²) in [7, 11) is 0. The fourth-order valence-electron chi connectivity index (χ4n) is 8.91. The lowest BCUT2D eigenvalue weighted by Gasteiger charge is -2.43. The minimum atomic E-state index is -2.96. The van der Waals surface area contributed by atoms with Gasteiger partial charge in [0.2, 0.25) is 5.88 Å². The minimum absolute atomic E-state index is 0.0128. The van der Waals surface area contributed by atoms with Crippen LogP contribution in [0.3, 0.4) is 0 Å². The number of fused-ring (bicyclic) bond motifs is 7. The zero-order valence-electron chi connectivity index (χ0n) is 26.1. The van der Waals surface area contributed by atoms with E-state index in [-0.39, 0.29) is 76.0 Å². The van der Waals surface area contributed by atoms with Gasteiger partial charge in [0.1, 0.15) is 46.8 Å². The number of hydrogen-bond acceptors (Lipinski definition) is 9. The maximum atomic E-state index is 17.1. The molecule has 7 heterocycles. The molecule has 5 aliphatic rings. The van der Waals surface area contributed by atoms with Crippen LogP contribution in [0, 0.1) is 24.0 Å². The number of nitrogens with one attached hydrogen (secondary N) is 1. The number of anilines is 1. The molecule has 1 unspecified atom stereocenters. The molecule has 0 spiro atoms. The first kappa shape index (κ1) is 30.6. The summed E-state index contributed by atoms with van der Waals surface area (Å²) in [6, 6.07) is 3.57. The van der Waals surface area contributed by atoms with Gasteiger partial charge in [0.25, 0.3) is 6.43 Å². The van der Waals surface area contributed by atoms with Crippen molar-refractivity contribution in [2.75, 3.05) is 31.1 Å². The summed E-state index contributed by atoms with van der Waals surface area (Å²) >= 11 is 0. The van der Waals surface area contributed by atoms with E-state index in [1.54, 1.807) is 4.90 Å². The highest BCUT2D eigenvalue weighted by Gasteiger charge is 2.52. The number of hydrogen-bond donors (Lipinski definition) is 2. The Bertz CT molecular complexity index is 2080. The SMILES string of the molecule is C#Cc1c(F)ccc2cc(O)cc(-c3nc4c5c(nc(OC[C@@]67CCCN6C[C@H](F)C7)nc5c3F)N3C[C@H]5CC[C@H](N5)[C@H]3C(C(F)F)O4)c12. The third-order valence-corrected chi connectivity index (χ3v) is 11.0. The lowest BCUT2D eigenvalue weighted by atomic mass is 9.95. The fourth-order valence-corrected chi connectivity index (χ4v) is 8.91. The topological polar surface area (TPSA) is 95.9 Å². The Morgan fingerprint density at radius 1 is 1.14 bits per heavy atom. The largest absolute Gasteiger partial charge is 0.508 e. The summed E-state index contributed by atoms with van der Waals surface area (Å²) in [6.45, 7) is 1.39. The second-order valence-corrected chi connectivity index (χ2v) is 13.8. The number of halogens is 5. The monoisotopic (exact) mass is 678 g/mol. The number of pyridine rings is 1. The highest BCUT2D eigenvalue weighted by molar-refractivity contribution is 6.04. The van der Waals surface area contributed by atoms with Gasteiger partial charge in [-0.05, 0) is 55.8 Å². The lowest BCUT2D eigenvalue weighted by Crippen LogP contribution is -2.64. The Kier molecular flexibility index (Phi) is 6.87. The standard InChI is InChI=1S/C35H31F5N6O3/c1-2-20-22(37)6-4-16-10-19(47)11-21(24(16)20)27-26(38)28-25-32(44-34(43-28)48-15-35-8-3-9-45(35)13-17(36)12-35)46-14-18-5-7-23(41-18)29(46)30(31(39)40)49-33(25)42-27/h1,4,6,10-11,17-18,23,29-31,41,47H,3,5,7-9,12-15H2/t17-,18-,23+,29+,30?,35+/m1/s1. The molecule has 4 saturated heterocycles. The average Bonchev–Trinajstić information content (AvgIpc) is 3.71. The summed E-state index contributed by atoms with van der Waals surface area (Å²) in [5.74, 6) is 0.0739. The van der Waals surface area contributed by atoms with E-state index in [0.717, 1.165) is 25.5 Å². The van der Waals surface area contributed by atoms with Crippen LogP contribution in [-0.2, 0) is 0 Å². The number of benzene rings is 2. The molecule has 49 heavy (non-hydrogen) atoms. The van der Waals surface area contributed by atoms with E-state index >= 15 is 4.39 Å². The third kappa shape index (κ3) is 4.61. The number of alkyl halides is 3. The predicted octanol–water partition coefficient (Wildman–Crippen LogP) is 5.10. The number of ether oxygens (including phenoxy) is 2. The molecule has 2 N–H and O–H groups in total. The van der Waals surface area contributed by atoms with Crippen LogP contribution in [0.15, 0.2) is 24.3 Å². The van der Waals surface area contributed by atoms with Crippen molar-refractivity contribution in [3.8, 4) is 41.2 Å². The molecule has 0 radical (unpaired) electrons. The van der Waals surface area contributed by atoms with Crippen molar-refractivity contribution in [2.45, 2.75) is 74.5 Å². The van der Waals surface area contributed by atoms with Crippen molar-refractivity contribution < 1.29 is 36.5 Å². The molecule has 6 atom stereocenters. The Hall–Kier alpha value is -4.48. The number of phenols is 1. The van der Waals surface area contributed by atoms with Crippen LogP contribution >= 0.6 is 0 Å². The van der Waals surface area contributed by atoms with Crippen LogP contribution in [0.4, 0.5) is 27.8 Å². The second kappa shape index (κ2) is 11.0. The van der Waals surface area contributed by atoms with Gasteiger partial charge in [-0.15, -0.1) is 6.42 Å². The first-order valence-corrected chi connectivity index (χ1v) is 16.5. The van der Waals surface area contributed by atoms with Gasteiger partial charge in [-0.25, -0.2) is 26.9 Å². The van der Waals surface area contributed by atoms with Gasteiger partial charge in [0.05, 0.1) is 17.1 Å². The highest BCUT2D eigenvalue weighted by atomic mass is 19.3. The quantitative estimate of drug-likeness (QED) is 0.221. The number of rotatable bonds is 5. The molecule has 0 aliphatic carbocycles. The van der Waals surface area contributed by atoms with Crippen molar-refractivity contribution in [3.05, 3.63) is 41.5 Å². The molecule has 14 heteroatoms. The van der Waals surface area contributed by atoms with Crippen molar-refractivity contribution in [1.82, 2.24) is 25.2 Å². The highest BCUT2D eigenvalue weighted by Crippen LogP contribution is 2.47. The van der Waals surface area contributed by atoms with Crippen LogP contribution < -0.4 is 19.7 Å². The number of aromatic hydroxyl groups is 1. The van der Waals surface area contributed by atoms with Crippen LogP contribution in [0.5, 0.6) is 17.6 Å². The smallest absolute Gasteiger partial charge is 0.319 e. The predicted molar refractivity (Wildman–Crippen MR) is 170 cm³/mol. The first-order valence-electron chi connectivity index (χ1n) is 16.5. The lowest BCUT2D eigenvalue weighted by molar-refractivity contribution is -0.0127. The number of aromatic nitrogens is 3. The van der Waals surface area contributed by atoms with E-state index in [0.29, 0.717) is 31.3 Å². The van der Waals surface area contributed by atoms with Crippen LogP contribution in [0.25, 0.3) is 32.9 Å². The second-order valence-electron chi connectivity index (χ2n) is 13.8. The van der Waals surface area contributed by atoms with Gasteiger partial charge in [-0.3, -0.25) is 4.90 Å². The Morgan fingerprint density at radius 2 is 2.00 bits per heavy atom. The Balaban J connectivity index is 1.28. The maximum Gasteiger partial charge on any atom is 0.319 e. The summed E-state index contributed by atoms with van der Waals surface area (Å²) in [4.78, 5) is 17.4. The van der Waals surface area contributed by atoms with Gasteiger partial charge in [0.15, 0.2) is 11.9 Å². The molecule has 2 bridgehead atoms. The summed E-state index contributed by atoms with van der Waals surface area (Å²) in [6.07, 6.45) is 3.29. The molecule has 5 aliphatic heterocycles. The van der Waals surface area contributed by atoms with Gasteiger partial charge in [0, 0.05) is 42.5 Å². The molecule has 0 amide bonds. The van der Waals surface area contributed by atoms with Crippen molar-refractivity contribution in [2.24, 2.45) is 0 Å². The van der Waals surface area contributed by atoms with Gasteiger partial charge >= 0.3 is 6.01 Å². The number of nitrogens with zero attached hydrogens (tertiary/aromatic N) is 5. The van der Waals surface area contributed by atoms with E-state index in [1.807, 2.05) is 0 Å². The average molecular weight is 679 g/mol. The van der Waals surface area contributed by atoms with Crippen LogP contribution in [0.1, 0.15) is 37.7 Å². The van der Waals surface area contributed by atoms with E-state index in [1.165, 1.54) is 18.2 Å². The summed E-state index contributed by atoms with van der Waals surface area (Å²) < 4.78 is 88.8. The van der Waals surface area contributed by atoms with Gasteiger partial charge in [-0.2, -0.15) is 9.97 Å². The van der Waals surface area contributed by atoms with Crippen molar-refractivity contribution >= 4 is 27.5 Å². The Morgan fingerprint density at radius 3 is 2.82 bits per heavy atom. The van der Waals surface area contributed by atoms with E-state index in [9.17, 15) is 22.7 Å². The number of phenolic OH excluding ortho intramolecular Hbond substituents is 1. The van der Waals surface area contributed by atoms with E-state index in [2.05, 4.69) is 26.1 Å². The normalized spacial score (nSPS) is 28.8. The molecule has 9 nitrogen and oxygen atoms in total. The molecule has 0 saturated carbocycles. The maximum absolute atomic E-state index is 17.1. The molecule has 4 aromatic rings. The molecule has 4 fully saturated rings. The zero-order chi connectivity index (χ0) is 33.8. The van der Waals surface area contributed by atoms with Crippen molar-refractivity contribution in [1.29, 1.82) is 0 Å². The van der Waals surface area contributed by atoms with Crippen LogP contribution in [-0.4, -0.2) is 93.6 Å². The fraction of sp³-hybridized carbons (Fsp3) is 0.457. The molecule has 2 aromatic carbocycles. The summed E-state index contributed by atoms with van der Waals surface area (Å²) in [5.41, 5.74) is -1.59. The van der Waals surface area contributed by atoms with Crippen molar-refractivity contribution in [3.63, 3.8) is 0 Å². The third-order valence-electron chi connectivity index (χ3n) is 11.0. The zero-order valence-corrected chi connectivity index (χ0v) is 26.1. The van der Waals surface area contributed by atoms with Gasteiger partial charge in [-0.1, -0.05) is 12.0 Å². The number of piperazine rings is 1. The molecule has 2 aromatic heterocycles. The molecular formula is C35H31F5N6O3. The Labute approximate surface area is 277 Å². The summed E-state index contributed by atoms with van der Waals surface area (Å²) in [5, 5.41) is 14.4. The molecule has 254 valence electrons. The van der Waals surface area contributed by atoms with E-state index in [4.69, 9.17) is 20.9 Å². The van der Waals surface area contributed by atoms with Crippen LogP contribution in [0.2, 0.25) is 0 Å².